The fraction of sp³-hybridized carbons (Fsp3) is 0.500. The van der Waals surface area contributed by atoms with Crippen molar-refractivity contribution in [3.05, 3.63) is 11.8 Å². The molecule has 13 heavy (non-hydrogen) atoms. The van der Waals surface area contributed by atoms with Gasteiger partial charge >= 0.3 is 12.0 Å². The Bertz CT molecular complexity index is 223. The van der Waals surface area contributed by atoms with Gasteiger partial charge in [-0.15, -0.1) is 0 Å². The van der Waals surface area contributed by atoms with Gasteiger partial charge in [-0.1, -0.05) is 12.5 Å². The van der Waals surface area contributed by atoms with Crippen LogP contribution >= 0.6 is 0 Å². The van der Waals surface area contributed by atoms with Gasteiger partial charge in [0.25, 0.3) is 0 Å². The van der Waals surface area contributed by atoms with Crippen molar-refractivity contribution in [2.75, 3.05) is 6.54 Å². The van der Waals surface area contributed by atoms with E-state index >= 15 is 0 Å². The first-order valence-corrected chi connectivity index (χ1v) is 3.98. The minimum absolute atomic E-state index is 0.370. The Hall–Kier alpha value is -1.52. The largest absolute Gasteiger partial charge is 0.480 e. The predicted octanol–water partition coefficient (Wildman–Crippen LogP) is 0.684. The third kappa shape index (κ3) is 6.86. The molecule has 0 bridgehead atoms. The molecule has 0 unspecified atom stereocenters. The molecule has 2 amide bonds. The fourth-order valence-corrected chi connectivity index (χ4v) is 0.498. The van der Waals surface area contributed by atoms with E-state index in [1.54, 1.807) is 6.20 Å². The molecule has 0 heterocycles. The number of rotatable bonds is 4. The number of carboxylic acids is 1. The van der Waals surface area contributed by atoms with Gasteiger partial charge in [0.05, 0.1) is 0 Å². The van der Waals surface area contributed by atoms with E-state index in [-0.39, 0.29) is 6.54 Å². The molecule has 3 N–H and O–H groups in total. The number of allylic oxidation sites excluding steroid dienone is 1. The third-order valence-electron chi connectivity index (χ3n) is 1.41. The number of aliphatic carboxylic acids is 1. The zero-order valence-corrected chi connectivity index (χ0v) is 7.76. The minimum atomic E-state index is -1.06. The minimum Gasteiger partial charge on any atom is -0.480 e. The van der Waals surface area contributed by atoms with Crippen molar-refractivity contribution in [2.24, 2.45) is 0 Å². The first-order valence-electron chi connectivity index (χ1n) is 3.98. The second-order valence-electron chi connectivity index (χ2n) is 2.56. The highest BCUT2D eigenvalue weighted by Gasteiger charge is 2.00. The zero-order valence-electron chi connectivity index (χ0n) is 7.76. The average molecular weight is 186 g/mol. The summed E-state index contributed by atoms with van der Waals surface area (Å²) in [5.74, 6) is -1.06. The van der Waals surface area contributed by atoms with Gasteiger partial charge in [0, 0.05) is 6.20 Å². The van der Waals surface area contributed by atoms with E-state index in [0.717, 1.165) is 12.0 Å². The first-order chi connectivity index (χ1) is 6.06. The third-order valence-corrected chi connectivity index (χ3v) is 1.41. The zero-order chi connectivity index (χ0) is 10.3. The Morgan fingerprint density at radius 2 is 2.08 bits per heavy atom. The van der Waals surface area contributed by atoms with Crippen molar-refractivity contribution in [2.45, 2.75) is 20.3 Å². The predicted molar refractivity (Wildman–Crippen MR) is 48.2 cm³/mol. The Morgan fingerprint density at radius 1 is 1.46 bits per heavy atom. The summed E-state index contributed by atoms with van der Waals surface area (Å²) in [5, 5.41) is 12.8. The summed E-state index contributed by atoms with van der Waals surface area (Å²) >= 11 is 0. The molecule has 0 rings (SSSR count). The molecule has 0 aliphatic heterocycles. The monoisotopic (exact) mass is 186 g/mol. The smallest absolute Gasteiger partial charge is 0.323 e. The van der Waals surface area contributed by atoms with Crippen LogP contribution in [0.3, 0.4) is 0 Å². The number of amides is 2. The number of carboxylic acid groups (broad SMARTS) is 1. The van der Waals surface area contributed by atoms with Crippen molar-refractivity contribution >= 4 is 12.0 Å². The highest BCUT2D eigenvalue weighted by atomic mass is 16.4. The molecule has 0 radical (unpaired) electrons. The van der Waals surface area contributed by atoms with Crippen LogP contribution in [0.1, 0.15) is 20.3 Å². The lowest BCUT2D eigenvalue weighted by Crippen LogP contribution is -2.35. The molecule has 0 aliphatic carbocycles. The summed E-state index contributed by atoms with van der Waals surface area (Å²) in [6, 6.07) is -0.504. The van der Waals surface area contributed by atoms with Crippen LogP contribution in [-0.4, -0.2) is 23.7 Å². The summed E-state index contributed by atoms with van der Waals surface area (Å²) in [7, 11) is 0. The Kier molecular flexibility index (Phi) is 5.34. The highest BCUT2D eigenvalue weighted by Crippen LogP contribution is 1.93. The number of nitrogens with one attached hydrogen (secondary N) is 2. The van der Waals surface area contributed by atoms with Gasteiger partial charge < -0.3 is 15.7 Å². The summed E-state index contributed by atoms with van der Waals surface area (Å²) in [4.78, 5) is 20.9. The molecule has 0 aliphatic rings. The number of carbonyl (C=O) groups excluding carboxylic acids is 1. The molecule has 5 heteroatoms. The molecular formula is C8H14N2O3. The molecule has 0 aromatic heterocycles. The molecule has 0 saturated heterocycles. The lowest BCUT2D eigenvalue weighted by molar-refractivity contribution is -0.135. The summed E-state index contributed by atoms with van der Waals surface area (Å²) < 4.78 is 0. The van der Waals surface area contributed by atoms with Crippen LogP contribution in [0.25, 0.3) is 0 Å². The molecule has 5 nitrogen and oxygen atoms in total. The lowest BCUT2D eigenvalue weighted by atomic mass is 10.3. The van der Waals surface area contributed by atoms with E-state index in [2.05, 4.69) is 10.6 Å². The molecule has 0 spiro atoms. The molecule has 0 fully saturated rings. The van der Waals surface area contributed by atoms with Crippen LogP contribution in [0, 0.1) is 0 Å². The Morgan fingerprint density at radius 3 is 2.54 bits per heavy atom. The standard InChI is InChI=1S/C8H14N2O3/c1-3-6(2)4-9-8(13)10-5-7(11)12/h4H,3,5H2,1-2H3,(H,11,12)(H2,9,10,13)/b6-4+. The fourth-order valence-electron chi connectivity index (χ4n) is 0.498. The molecule has 0 aromatic rings. The van der Waals surface area contributed by atoms with Gasteiger partial charge in [0.15, 0.2) is 0 Å². The van der Waals surface area contributed by atoms with E-state index in [0.29, 0.717) is 0 Å². The second-order valence-corrected chi connectivity index (χ2v) is 2.56. The number of carbonyl (C=O) groups is 2. The highest BCUT2D eigenvalue weighted by molar-refractivity contribution is 5.80. The van der Waals surface area contributed by atoms with Gasteiger partial charge in [-0.05, 0) is 13.3 Å². The normalized spacial score (nSPS) is 10.8. The van der Waals surface area contributed by atoms with Crippen molar-refractivity contribution < 1.29 is 14.7 Å². The van der Waals surface area contributed by atoms with E-state index in [9.17, 15) is 9.59 Å². The van der Waals surface area contributed by atoms with Crippen LogP contribution in [0.2, 0.25) is 0 Å². The van der Waals surface area contributed by atoms with E-state index < -0.39 is 12.0 Å². The van der Waals surface area contributed by atoms with Crippen molar-refractivity contribution in [3.63, 3.8) is 0 Å². The van der Waals surface area contributed by atoms with Gasteiger partial charge in [0.2, 0.25) is 0 Å². The molecule has 0 atom stereocenters. The molecule has 0 aromatic carbocycles. The topological polar surface area (TPSA) is 78.4 Å². The maximum Gasteiger partial charge on any atom is 0.323 e. The number of hydrogen-bond donors (Lipinski definition) is 3. The summed E-state index contributed by atoms with van der Waals surface area (Å²) in [6.45, 7) is 3.46. The molecular weight excluding hydrogens is 172 g/mol. The summed E-state index contributed by atoms with van der Waals surface area (Å²) in [6.07, 6.45) is 2.40. The second kappa shape index (κ2) is 6.05. The van der Waals surface area contributed by atoms with Crippen LogP contribution in [0.5, 0.6) is 0 Å². The van der Waals surface area contributed by atoms with Crippen LogP contribution in [0.15, 0.2) is 11.8 Å². The molecule has 0 saturated carbocycles. The van der Waals surface area contributed by atoms with Gasteiger partial charge in [-0.3, -0.25) is 4.79 Å². The SMILES string of the molecule is CC/C(C)=C/NC(=O)NCC(=O)O. The number of urea groups is 1. The Balaban J connectivity index is 3.69. The molecule has 74 valence electrons. The van der Waals surface area contributed by atoms with E-state index in [4.69, 9.17) is 5.11 Å². The summed E-state index contributed by atoms with van der Waals surface area (Å²) in [5.41, 5.74) is 1.02. The first kappa shape index (κ1) is 11.5. The quantitative estimate of drug-likeness (QED) is 0.604. The van der Waals surface area contributed by atoms with Crippen molar-refractivity contribution in [1.82, 2.24) is 10.6 Å². The van der Waals surface area contributed by atoms with Gasteiger partial charge in [-0.2, -0.15) is 0 Å². The maximum atomic E-state index is 10.8. The Labute approximate surface area is 76.8 Å². The number of hydrogen-bond acceptors (Lipinski definition) is 2. The van der Waals surface area contributed by atoms with Gasteiger partial charge in [-0.25, -0.2) is 4.79 Å². The van der Waals surface area contributed by atoms with Crippen LogP contribution in [-0.2, 0) is 4.79 Å². The van der Waals surface area contributed by atoms with E-state index in [1.807, 2.05) is 13.8 Å². The lowest BCUT2D eigenvalue weighted by Gasteiger charge is -2.01. The average Bonchev–Trinajstić information content (AvgIpc) is 2.10. The van der Waals surface area contributed by atoms with Crippen LogP contribution in [0.4, 0.5) is 4.79 Å². The van der Waals surface area contributed by atoms with Gasteiger partial charge in [0.1, 0.15) is 6.54 Å². The van der Waals surface area contributed by atoms with Crippen molar-refractivity contribution in [1.29, 1.82) is 0 Å². The van der Waals surface area contributed by atoms with Crippen LogP contribution < -0.4 is 10.6 Å². The van der Waals surface area contributed by atoms with Crippen molar-refractivity contribution in [3.8, 4) is 0 Å². The van der Waals surface area contributed by atoms with E-state index in [1.165, 1.54) is 0 Å². The maximum absolute atomic E-state index is 10.8.